The van der Waals surface area contributed by atoms with Crippen LogP contribution in [0, 0.1) is 0 Å². The number of hydrogen-bond acceptors (Lipinski definition) is 6. The van der Waals surface area contributed by atoms with Crippen LogP contribution in [0.15, 0.2) is 52.6 Å². The van der Waals surface area contributed by atoms with E-state index in [1.54, 1.807) is 24.3 Å². The number of carbonyl (C=O) groups excluding carboxylic acids is 1. The lowest BCUT2D eigenvalue weighted by atomic mass is 9.90. The van der Waals surface area contributed by atoms with Gasteiger partial charge in [-0.3, -0.25) is 9.59 Å². The average Bonchev–Trinajstić information content (AvgIpc) is 3.24. The minimum Gasteiger partial charge on any atom is -0.300 e. The quantitative estimate of drug-likeness (QED) is 0.549. The van der Waals surface area contributed by atoms with E-state index in [9.17, 15) is 9.59 Å². The van der Waals surface area contributed by atoms with Gasteiger partial charge in [0.05, 0.1) is 11.1 Å². The largest absolute Gasteiger partial charge is 0.300 e. The molecule has 8 heteroatoms. The topological polar surface area (TPSA) is 89.8 Å². The smallest absolute Gasteiger partial charge is 0.278 e. The van der Waals surface area contributed by atoms with Crippen LogP contribution in [-0.2, 0) is 24.2 Å². The molecule has 2 aromatic heterocycles. The van der Waals surface area contributed by atoms with Gasteiger partial charge >= 0.3 is 0 Å². The summed E-state index contributed by atoms with van der Waals surface area (Å²) in [6.07, 6.45) is 4.74. The van der Waals surface area contributed by atoms with Crippen LogP contribution < -0.4 is 10.9 Å². The summed E-state index contributed by atoms with van der Waals surface area (Å²) in [5, 5.41) is 13.5. The molecule has 0 radical (unpaired) electrons. The Hall–Kier alpha value is -3.39. The summed E-state index contributed by atoms with van der Waals surface area (Å²) in [4.78, 5) is 29.5. The summed E-state index contributed by atoms with van der Waals surface area (Å²) >= 11 is 1.36. The third-order valence-corrected chi connectivity index (χ3v) is 6.08. The van der Waals surface area contributed by atoms with Crippen molar-refractivity contribution in [3.63, 3.8) is 0 Å². The molecule has 1 aliphatic rings. The maximum Gasteiger partial charge on any atom is 0.278 e. The summed E-state index contributed by atoms with van der Waals surface area (Å²) < 4.78 is 1.07. The van der Waals surface area contributed by atoms with Gasteiger partial charge in [0.2, 0.25) is 5.91 Å². The van der Waals surface area contributed by atoms with Gasteiger partial charge in [-0.05, 0) is 55.0 Å². The van der Waals surface area contributed by atoms with Crippen LogP contribution in [0.5, 0.6) is 0 Å². The van der Waals surface area contributed by atoms with Gasteiger partial charge in [0.15, 0.2) is 5.13 Å². The number of thiazole rings is 1. The second-order valence-electron chi connectivity index (χ2n) is 7.35. The fourth-order valence-electron chi connectivity index (χ4n) is 3.78. The number of aryl methyl sites for hydroxylation is 2. The zero-order valence-corrected chi connectivity index (χ0v) is 17.0. The van der Waals surface area contributed by atoms with Gasteiger partial charge in [-0.15, -0.1) is 16.4 Å². The highest BCUT2D eigenvalue weighted by Gasteiger charge is 2.14. The third-order valence-electron chi connectivity index (χ3n) is 5.32. The molecule has 150 valence electrons. The Balaban J connectivity index is 1.31. The first-order valence-corrected chi connectivity index (χ1v) is 10.8. The van der Waals surface area contributed by atoms with Crippen molar-refractivity contribution in [1.82, 2.24) is 20.0 Å². The van der Waals surface area contributed by atoms with Crippen molar-refractivity contribution < 1.29 is 4.79 Å². The second-order valence-corrected chi connectivity index (χ2v) is 8.20. The molecule has 2 heterocycles. The Labute approximate surface area is 176 Å². The Bertz CT molecular complexity index is 1310. The Morgan fingerprint density at radius 3 is 2.83 bits per heavy atom. The number of aromatic nitrogens is 4. The predicted octanol–water partition coefficient (Wildman–Crippen LogP) is 3.43. The van der Waals surface area contributed by atoms with Crippen LogP contribution >= 0.6 is 11.3 Å². The molecule has 0 saturated heterocycles. The molecular formula is C22H19N5O2S. The summed E-state index contributed by atoms with van der Waals surface area (Å²) in [7, 11) is 0. The molecule has 0 saturated carbocycles. The van der Waals surface area contributed by atoms with Crippen LogP contribution in [-0.4, -0.2) is 25.9 Å². The lowest BCUT2D eigenvalue weighted by Gasteiger charge is -2.16. The van der Waals surface area contributed by atoms with Gasteiger partial charge in [-0.25, -0.2) is 9.67 Å². The molecule has 4 aromatic rings. The molecule has 7 nitrogen and oxygen atoms in total. The van der Waals surface area contributed by atoms with Crippen molar-refractivity contribution in [3.05, 3.63) is 69.3 Å². The predicted molar refractivity (Wildman–Crippen MR) is 117 cm³/mol. The van der Waals surface area contributed by atoms with Crippen LogP contribution in [0.25, 0.3) is 22.2 Å². The molecule has 0 unspecified atom stereocenters. The van der Waals surface area contributed by atoms with Crippen molar-refractivity contribution in [1.29, 1.82) is 0 Å². The van der Waals surface area contributed by atoms with Crippen molar-refractivity contribution >= 4 is 33.3 Å². The van der Waals surface area contributed by atoms with Crippen LogP contribution in [0.1, 0.15) is 24.0 Å². The van der Waals surface area contributed by atoms with Crippen molar-refractivity contribution in [3.8, 4) is 11.3 Å². The average molecular weight is 417 g/mol. The lowest BCUT2D eigenvalue weighted by Crippen LogP contribution is -2.30. The van der Waals surface area contributed by atoms with Gasteiger partial charge in [0.25, 0.3) is 5.56 Å². The van der Waals surface area contributed by atoms with E-state index in [4.69, 9.17) is 0 Å². The minimum absolute atomic E-state index is 0.218. The first kappa shape index (κ1) is 18.6. The Morgan fingerprint density at radius 2 is 1.93 bits per heavy atom. The fraction of sp³-hybridized carbons (Fsp3) is 0.227. The van der Waals surface area contributed by atoms with Crippen molar-refractivity contribution in [2.24, 2.45) is 0 Å². The first-order valence-electron chi connectivity index (χ1n) is 9.87. The van der Waals surface area contributed by atoms with E-state index in [0.29, 0.717) is 16.0 Å². The number of nitrogens with zero attached hydrogens (tertiary/aromatic N) is 4. The van der Waals surface area contributed by atoms with Crippen LogP contribution in [0.3, 0.4) is 0 Å². The highest BCUT2D eigenvalue weighted by molar-refractivity contribution is 7.14. The van der Waals surface area contributed by atoms with E-state index < -0.39 is 0 Å². The van der Waals surface area contributed by atoms with Crippen LogP contribution in [0.2, 0.25) is 0 Å². The normalized spacial score (nSPS) is 13.2. The molecule has 0 bridgehead atoms. The number of carbonyl (C=O) groups is 1. The lowest BCUT2D eigenvalue weighted by molar-refractivity contribution is -0.117. The van der Waals surface area contributed by atoms with E-state index in [0.717, 1.165) is 28.8 Å². The van der Waals surface area contributed by atoms with E-state index >= 15 is 0 Å². The molecule has 0 fully saturated rings. The van der Waals surface area contributed by atoms with Crippen molar-refractivity contribution in [2.45, 2.75) is 32.2 Å². The molecule has 0 spiro atoms. The Kier molecular flexibility index (Phi) is 4.84. The van der Waals surface area contributed by atoms with Crippen LogP contribution in [0.4, 0.5) is 5.13 Å². The van der Waals surface area contributed by atoms with Gasteiger partial charge in [-0.2, -0.15) is 0 Å². The minimum atomic E-state index is -0.368. The monoisotopic (exact) mass is 417 g/mol. The number of fused-ring (bicyclic) bond motifs is 2. The van der Waals surface area contributed by atoms with Gasteiger partial charge in [-0.1, -0.05) is 29.5 Å². The van der Waals surface area contributed by atoms with E-state index in [2.05, 4.69) is 38.8 Å². The maximum atomic E-state index is 12.5. The molecule has 1 aliphatic carbocycles. The van der Waals surface area contributed by atoms with E-state index in [1.807, 2.05) is 5.38 Å². The zero-order valence-electron chi connectivity index (χ0n) is 16.2. The van der Waals surface area contributed by atoms with E-state index in [1.165, 1.54) is 35.3 Å². The number of rotatable bonds is 4. The molecule has 30 heavy (non-hydrogen) atoms. The summed E-state index contributed by atoms with van der Waals surface area (Å²) in [5.74, 6) is -0.368. The Morgan fingerprint density at radius 1 is 1.10 bits per heavy atom. The summed E-state index contributed by atoms with van der Waals surface area (Å²) in [5.41, 5.74) is 4.89. The van der Waals surface area contributed by atoms with Gasteiger partial charge < -0.3 is 5.32 Å². The third kappa shape index (κ3) is 3.61. The number of amides is 1. The fourth-order valence-corrected chi connectivity index (χ4v) is 4.51. The molecule has 1 amide bonds. The highest BCUT2D eigenvalue weighted by atomic mass is 32.1. The second kappa shape index (κ2) is 7.79. The number of hydrogen-bond donors (Lipinski definition) is 1. The number of benzene rings is 2. The highest BCUT2D eigenvalue weighted by Crippen LogP contribution is 2.29. The zero-order chi connectivity index (χ0) is 20.5. The molecule has 0 atom stereocenters. The standard InChI is InChI=1S/C22H19N5O2S/c28-20(12-27-21(29)17-7-3-4-8-18(17)25-26-27)24-22-23-19(13-30-22)16-10-9-14-5-1-2-6-15(14)11-16/h3-4,7-11,13H,1-2,5-6,12H2,(H,23,24,28). The molecular weight excluding hydrogens is 398 g/mol. The van der Waals surface area contributed by atoms with Crippen molar-refractivity contribution in [2.75, 3.05) is 5.32 Å². The first-order chi connectivity index (χ1) is 14.7. The van der Waals surface area contributed by atoms with E-state index in [-0.39, 0.29) is 18.0 Å². The number of nitrogens with one attached hydrogen (secondary N) is 1. The molecule has 2 aromatic carbocycles. The molecule has 5 rings (SSSR count). The summed E-state index contributed by atoms with van der Waals surface area (Å²) in [6.45, 7) is -0.218. The van der Waals surface area contributed by atoms with Gasteiger partial charge in [0, 0.05) is 10.9 Å². The summed E-state index contributed by atoms with van der Waals surface area (Å²) in [6, 6.07) is 13.4. The molecule has 1 N–H and O–H groups in total. The maximum absolute atomic E-state index is 12.5. The SMILES string of the molecule is O=C(Cn1nnc2ccccc2c1=O)Nc1nc(-c2ccc3c(c2)CCCC3)cs1. The van der Waals surface area contributed by atoms with Gasteiger partial charge in [0.1, 0.15) is 12.1 Å². The number of anilines is 1. The molecule has 0 aliphatic heterocycles.